The number of piperazine rings is 1. The molecule has 2 aliphatic rings. The largest absolute Gasteiger partial charge is 0.354 e. The molecule has 4 nitrogen and oxygen atoms in total. The van der Waals surface area contributed by atoms with Crippen LogP contribution in [0.4, 0.5) is 5.82 Å². The highest BCUT2D eigenvalue weighted by molar-refractivity contribution is 9.11. The highest BCUT2D eigenvalue weighted by Crippen LogP contribution is 2.39. The average Bonchev–Trinajstić information content (AvgIpc) is 3.31. The number of nitrogens with zero attached hydrogens (tertiary/aromatic N) is 4. The molecule has 1 aliphatic carbocycles. The molecule has 3 heterocycles. The molecule has 2 aromatic heterocycles. The van der Waals surface area contributed by atoms with Crippen molar-refractivity contribution in [2.45, 2.75) is 25.3 Å². The maximum atomic E-state index is 6.19. The number of thiophene rings is 1. The molecular weight excluding hydrogens is 396 g/mol. The Morgan fingerprint density at radius 1 is 1.17 bits per heavy atom. The van der Waals surface area contributed by atoms with Crippen molar-refractivity contribution in [1.82, 2.24) is 14.9 Å². The van der Waals surface area contributed by atoms with Gasteiger partial charge in [-0.15, -0.1) is 11.3 Å². The molecule has 4 rings (SSSR count). The molecule has 1 aliphatic heterocycles. The van der Waals surface area contributed by atoms with Gasteiger partial charge in [0.15, 0.2) is 0 Å². The van der Waals surface area contributed by atoms with Crippen molar-refractivity contribution < 1.29 is 0 Å². The third-order valence-corrected chi connectivity index (χ3v) is 6.15. The summed E-state index contributed by atoms with van der Waals surface area (Å²) in [4.78, 5) is 15.4. The van der Waals surface area contributed by atoms with Gasteiger partial charge in [0, 0.05) is 49.6 Å². The van der Waals surface area contributed by atoms with Crippen molar-refractivity contribution in [2.75, 3.05) is 31.1 Å². The molecule has 0 unspecified atom stereocenters. The number of anilines is 1. The number of hydrogen-bond donors (Lipinski definition) is 0. The second-order valence-electron chi connectivity index (χ2n) is 6.15. The van der Waals surface area contributed by atoms with Gasteiger partial charge in [-0.2, -0.15) is 0 Å². The molecule has 0 radical (unpaired) electrons. The van der Waals surface area contributed by atoms with Crippen LogP contribution >= 0.6 is 38.9 Å². The summed E-state index contributed by atoms with van der Waals surface area (Å²) in [5.74, 6) is 2.45. The number of hydrogen-bond acceptors (Lipinski definition) is 5. The lowest BCUT2D eigenvalue weighted by molar-refractivity contribution is 0.251. The Kier molecular flexibility index (Phi) is 4.58. The van der Waals surface area contributed by atoms with Crippen LogP contribution < -0.4 is 4.90 Å². The van der Waals surface area contributed by atoms with Crippen molar-refractivity contribution in [3.05, 3.63) is 37.8 Å². The van der Waals surface area contributed by atoms with Crippen molar-refractivity contribution in [1.29, 1.82) is 0 Å². The predicted octanol–water partition coefficient (Wildman–Crippen LogP) is 4.15. The van der Waals surface area contributed by atoms with Crippen molar-refractivity contribution in [2.24, 2.45) is 0 Å². The fourth-order valence-corrected chi connectivity index (χ4v) is 4.61. The maximum absolute atomic E-state index is 6.19. The smallest absolute Gasteiger partial charge is 0.135 e. The molecule has 0 spiro atoms. The van der Waals surface area contributed by atoms with Gasteiger partial charge in [0.05, 0.1) is 3.79 Å². The van der Waals surface area contributed by atoms with Crippen LogP contribution in [0.1, 0.15) is 29.5 Å². The molecule has 2 fully saturated rings. The summed E-state index contributed by atoms with van der Waals surface area (Å²) in [6.45, 7) is 5.11. The van der Waals surface area contributed by atoms with E-state index in [1.807, 2.05) is 17.4 Å². The van der Waals surface area contributed by atoms with Crippen LogP contribution in [0.15, 0.2) is 22.0 Å². The molecule has 0 amide bonds. The van der Waals surface area contributed by atoms with Crippen LogP contribution in [0.25, 0.3) is 0 Å². The van der Waals surface area contributed by atoms with Gasteiger partial charge in [0.1, 0.15) is 16.8 Å². The Labute approximate surface area is 153 Å². The highest BCUT2D eigenvalue weighted by Gasteiger charge is 2.28. The number of halogens is 2. The minimum Gasteiger partial charge on any atom is -0.354 e. The molecule has 1 saturated carbocycles. The molecule has 0 atom stereocenters. The summed E-state index contributed by atoms with van der Waals surface area (Å²) in [6.07, 6.45) is 2.40. The van der Waals surface area contributed by atoms with Crippen LogP contribution in [-0.4, -0.2) is 41.0 Å². The molecule has 7 heteroatoms. The van der Waals surface area contributed by atoms with E-state index in [0.29, 0.717) is 11.1 Å². The van der Waals surface area contributed by atoms with Crippen LogP contribution in [0.5, 0.6) is 0 Å². The summed E-state index contributed by atoms with van der Waals surface area (Å²) in [5.41, 5.74) is 0. The molecule has 1 saturated heterocycles. The third kappa shape index (κ3) is 3.87. The first-order valence-corrected chi connectivity index (χ1v) is 9.92. The monoisotopic (exact) mass is 412 g/mol. The Morgan fingerprint density at radius 2 is 1.96 bits per heavy atom. The van der Waals surface area contributed by atoms with E-state index in [2.05, 4.69) is 42.8 Å². The average molecular weight is 414 g/mol. The first-order chi connectivity index (χ1) is 11.2. The fraction of sp³-hybridized carbons (Fsp3) is 0.500. The second kappa shape index (κ2) is 6.67. The molecule has 122 valence electrons. The van der Waals surface area contributed by atoms with E-state index < -0.39 is 0 Å². The van der Waals surface area contributed by atoms with Crippen molar-refractivity contribution in [3.63, 3.8) is 0 Å². The quantitative estimate of drug-likeness (QED) is 0.705. The third-order valence-electron chi connectivity index (χ3n) is 4.35. The van der Waals surface area contributed by atoms with E-state index in [1.54, 1.807) is 0 Å². The van der Waals surface area contributed by atoms with Crippen LogP contribution in [0.2, 0.25) is 5.15 Å². The summed E-state index contributed by atoms with van der Waals surface area (Å²) in [6, 6.07) is 6.23. The second-order valence-corrected chi connectivity index (χ2v) is 9.09. The van der Waals surface area contributed by atoms with E-state index >= 15 is 0 Å². The normalized spacial score (nSPS) is 19.3. The van der Waals surface area contributed by atoms with Gasteiger partial charge < -0.3 is 4.90 Å². The number of aromatic nitrogens is 2. The zero-order valence-electron chi connectivity index (χ0n) is 12.7. The molecule has 0 N–H and O–H groups in total. The van der Waals surface area contributed by atoms with Crippen LogP contribution in [-0.2, 0) is 6.54 Å². The lowest BCUT2D eigenvalue weighted by atomic mass is 10.3. The van der Waals surface area contributed by atoms with E-state index in [-0.39, 0.29) is 0 Å². The Morgan fingerprint density at radius 3 is 2.61 bits per heavy atom. The molecular formula is C16H18BrClN4S. The van der Waals surface area contributed by atoms with Gasteiger partial charge >= 0.3 is 0 Å². The predicted molar refractivity (Wildman–Crippen MR) is 98.5 cm³/mol. The van der Waals surface area contributed by atoms with Crippen LogP contribution in [0.3, 0.4) is 0 Å². The van der Waals surface area contributed by atoms with E-state index in [4.69, 9.17) is 16.6 Å². The zero-order valence-corrected chi connectivity index (χ0v) is 15.9. The van der Waals surface area contributed by atoms with E-state index in [9.17, 15) is 0 Å². The standard InChI is InChI=1S/C16H18BrClN4S/c17-13-4-3-12(23-13)10-21-5-7-22(8-6-21)15-9-14(18)19-16(20-15)11-1-2-11/h3-4,9,11H,1-2,5-8,10H2. The Hall–Kier alpha value is -0.690. The molecule has 0 aromatic carbocycles. The summed E-state index contributed by atoms with van der Waals surface area (Å²) in [7, 11) is 0. The lowest BCUT2D eigenvalue weighted by Gasteiger charge is -2.35. The minimum atomic E-state index is 0.533. The van der Waals surface area contributed by atoms with Gasteiger partial charge in [-0.3, -0.25) is 4.90 Å². The highest BCUT2D eigenvalue weighted by atomic mass is 79.9. The van der Waals surface area contributed by atoms with Gasteiger partial charge in [-0.25, -0.2) is 9.97 Å². The minimum absolute atomic E-state index is 0.533. The molecule has 23 heavy (non-hydrogen) atoms. The van der Waals surface area contributed by atoms with E-state index in [0.717, 1.165) is 44.4 Å². The van der Waals surface area contributed by atoms with Crippen LogP contribution in [0, 0.1) is 0 Å². The molecule has 0 bridgehead atoms. The first kappa shape index (κ1) is 15.8. The van der Waals surface area contributed by atoms with Gasteiger partial charge in [-0.1, -0.05) is 11.6 Å². The lowest BCUT2D eigenvalue weighted by Crippen LogP contribution is -2.46. The number of rotatable bonds is 4. The molecule has 2 aromatic rings. The first-order valence-electron chi connectivity index (χ1n) is 7.93. The zero-order chi connectivity index (χ0) is 15.8. The Balaban J connectivity index is 1.39. The van der Waals surface area contributed by atoms with E-state index in [1.165, 1.54) is 21.5 Å². The topological polar surface area (TPSA) is 32.3 Å². The van der Waals surface area contributed by atoms with Gasteiger partial charge in [-0.05, 0) is 40.9 Å². The van der Waals surface area contributed by atoms with Crippen molar-refractivity contribution in [3.8, 4) is 0 Å². The summed E-state index contributed by atoms with van der Waals surface area (Å²) in [5, 5.41) is 0.572. The summed E-state index contributed by atoms with van der Waals surface area (Å²) >= 11 is 11.5. The summed E-state index contributed by atoms with van der Waals surface area (Å²) < 4.78 is 1.20. The van der Waals surface area contributed by atoms with Gasteiger partial charge in [0.2, 0.25) is 0 Å². The SMILES string of the molecule is Clc1cc(N2CCN(Cc3ccc(Br)s3)CC2)nc(C2CC2)n1. The maximum Gasteiger partial charge on any atom is 0.135 e. The van der Waals surface area contributed by atoms with Gasteiger partial charge in [0.25, 0.3) is 0 Å². The van der Waals surface area contributed by atoms with Crippen molar-refractivity contribution >= 4 is 44.7 Å². The Bertz CT molecular complexity index is 695. The fourth-order valence-electron chi connectivity index (χ4n) is 2.90.